The van der Waals surface area contributed by atoms with Crippen molar-refractivity contribution in [2.24, 2.45) is 0 Å². The Morgan fingerprint density at radius 1 is 1.33 bits per heavy atom. The molecule has 1 saturated heterocycles. The fourth-order valence-electron chi connectivity index (χ4n) is 2.73. The van der Waals surface area contributed by atoms with E-state index in [9.17, 15) is 13.2 Å². The SMILES string of the molecule is CCc1ccccc1NC(=O)C1CCCCN1S(C)(=O)=O. The maximum absolute atomic E-state index is 12.5. The summed E-state index contributed by atoms with van der Waals surface area (Å²) < 4.78 is 25.0. The minimum Gasteiger partial charge on any atom is -0.324 e. The van der Waals surface area contributed by atoms with Gasteiger partial charge >= 0.3 is 0 Å². The maximum atomic E-state index is 12.5. The van der Waals surface area contributed by atoms with Crippen molar-refractivity contribution in [1.29, 1.82) is 0 Å². The van der Waals surface area contributed by atoms with Crippen molar-refractivity contribution in [3.05, 3.63) is 29.8 Å². The first kappa shape index (κ1) is 16.0. The molecule has 0 bridgehead atoms. The lowest BCUT2D eigenvalue weighted by molar-refractivity contribution is -0.120. The molecule has 1 fully saturated rings. The Bertz CT molecular complexity index is 613. The summed E-state index contributed by atoms with van der Waals surface area (Å²) in [6.45, 7) is 2.45. The number of amides is 1. The number of hydrogen-bond donors (Lipinski definition) is 1. The summed E-state index contributed by atoms with van der Waals surface area (Å²) in [6.07, 6.45) is 4.24. The van der Waals surface area contributed by atoms with Gasteiger partial charge in [-0.1, -0.05) is 31.5 Å². The van der Waals surface area contributed by atoms with Crippen LogP contribution in [0.25, 0.3) is 0 Å². The number of benzene rings is 1. The highest BCUT2D eigenvalue weighted by molar-refractivity contribution is 7.88. The smallest absolute Gasteiger partial charge is 0.242 e. The van der Waals surface area contributed by atoms with Crippen molar-refractivity contribution < 1.29 is 13.2 Å². The van der Waals surface area contributed by atoms with E-state index in [0.29, 0.717) is 13.0 Å². The predicted molar refractivity (Wildman–Crippen MR) is 83.6 cm³/mol. The number of carbonyl (C=O) groups is 1. The molecular weight excluding hydrogens is 288 g/mol. The van der Waals surface area contributed by atoms with Gasteiger partial charge in [0, 0.05) is 12.2 Å². The van der Waals surface area contributed by atoms with Gasteiger partial charge in [0.1, 0.15) is 6.04 Å². The minimum atomic E-state index is -3.36. The van der Waals surface area contributed by atoms with Gasteiger partial charge in [-0.05, 0) is 30.9 Å². The van der Waals surface area contributed by atoms with E-state index in [-0.39, 0.29) is 5.91 Å². The molecule has 1 aliphatic rings. The Morgan fingerprint density at radius 3 is 2.71 bits per heavy atom. The molecule has 5 nitrogen and oxygen atoms in total. The van der Waals surface area contributed by atoms with Crippen LogP contribution in [0.2, 0.25) is 0 Å². The van der Waals surface area contributed by atoms with Gasteiger partial charge in [0.2, 0.25) is 15.9 Å². The molecule has 2 rings (SSSR count). The fourth-order valence-corrected chi connectivity index (χ4v) is 3.85. The van der Waals surface area contributed by atoms with E-state index in [1.807, 2.05) is 31.2 Å². The van der Waals surface area contributed by atoms with Crippen LogP contribution in [0.4, 0.5) is 5.69 Å². The average molecular weight is 310 g/mol. The normalized spacial score (nSPS) is 20.2. The molecule has 1 atom stereocenters. The average Bonchev–Trinajstić information content (AvgIpc) is 2.47. The summed E-state index contributed by atoms with van der Waals surface area (Å²) in [6, 6.07) is 7.01. The highest BCUT2D eigenvalue weighted by Gasteiger charge is 2.34. The molecule has 0 radical (unpaired) electrons. The van der Waals surface area contributed by atoms with Crippen LogP contribution in [0.15, 0.2) is 24.3 Å². The number of carbonyl (C=O) groups excluding carboxylic acids is 1. The quantitative estimate of drug-likeness (QED) is 0.925. The van der Waals surface area contributed by atoms with E-state index in [1.165, 1.54) is 10.6 Å². The molecular formula is C15H22N2O3S. The Morgan fingerprint density at radius 2 is 2.05 bits per heavy atom. The van der Waals surface area contributed by atoms with Crippen molar-refractivity contribution >= 4 is 21.6 Å². The third-order valence-electron chi connectivity index (χ3n) is 3.84. The molecule has 0 saturated carbocycles. The lowest BCUT2D eigenvalue weighted by Gasteiger charge is -2.32. The molecule has 0 aliphatic carbocycles. The molecule has 0 aromatic heterocycles. The van der Waals surface area contributed by atoms with Crippen LogP contribution in [0.3, 0.4) is 0 Å². The van der Waals surface area contributed by atoms with E-state index >= 15 is 0 Å². The molecule has 1 aliphatic heterocycles. The molecule has 6 heteroatoms. The molecule has 1 aromatic carbocycles. The zero-order valence-electron chi connectivity index (χ0n) is 12.5. The highest BCUT2D eigenvalue weighted by Crippen LogP contribution is 2.22. The van der Waals surface area contributed by atoms with Crippen molar-refractivity contribution in [1.82, 2.24) is 4.31 Å². The predicted octanol–water partition coefficient (Wildman–Crippen LogP) is 2.00. The van der Waals surface area contributed by atoms with Crippen molar-refractivity contribution in [3.8, 4) is 0 Å². The topological polar surface area (TPSA) is 66.5 Å². The van der Waals surface area contributed by atoms with Crippen molar-refractivity contribution in [2.75, 3.05) is 18.1 Å². The van der Waals surface area contributed by atoms with Crippen LogP contribution in [-0.2, 0) is 21.2 Å². The molecule has 21 heavy (non-hydrogen) atoms. The van der Waals surface area contributed by atoms with Crippen LogP contribution in [0.1, 0.15) is 31.7 Å². The summed E-state index contributed by atoms with van der Waals surface area (Å²) in [4.78, 5) is 12.5. The second-order valence-electron chi connectivity index (χ2n) is 5.39. The Labute approximate surface area is 126 Å². The zero-order chi connectivity index (χ0) is 15.5. The number of sulfonamides is 1. The first-order chi connectivity index (χ1) is 9.93. The summed E-state index contributed by atoms with van der Waals surface area (Å²) in [5.74, 6) is -0.235. The lowest BCUT2D eigenvalue weighted by atomic mass is 10.0. The van der Waals surface area contributed by atoms with E-state index < -0.39 is 16.1 Å². The van der Waals surface area contributed by atoms with E-state index in [4.69, 9.17) is 0 Å². The summed E-state index contributed by atoms with van der Waals surface area (Å²) in [7, 11) is -3.36. The third-order valence-corrected chi connectivity index (χ3v) is 5.13. The molecule has 1 heterocycles. The van der Waals surface area contributed by atoms with Gasteiger partial charge in [0.15, 0.2) is 0 Å². The number of anilines is 1. The van der Waals surface area contributed by atoms with E-state index in [2.05, 4.69) is 5.32 Å². The lowest BCUT2D eigenvalue weighted by Crippen LogP contribution is -2.49. The largest absolute Gasteiger partial charge is 0.324 e. The van der Waals surface area contributed by atoms with Gasteiger partial charge in [0.25, 0.3) is 0 Å². The van der Waals surface area contributed by atoms with Gasteiger partial charge in [-0.25, -0.2) is 8.42 Å². The van der Waals surface area contributed by atoms with Crippen molar-refractivity contribution in [2.45, 2.75) is 38.6 Å². The second-order valence-corrected chi connectivity index (χ2v) is 7.32. The van der Waals surface area contributed by atoms with Gasteiger partial charge in [-0.3, -0.25) is 4.79 Å². The molecule has 1 amide bonds. The Hall–Kier alpha value is -1.40. The third kappa shape index (κ3) is 3.83. The Balaban J connectivity index is 2.18. The summed E-state index contributed by atoms with van der Waals surface area (Å²) >= 11 is 0. The standard InChI is InChI=1S/C15H22N2O3S/c1-3-12-8-4-5-9-13(12)16-15(18)14-10-6-7-11-17(14)21(2,19)20/h4-5,8-9,14H,3,6-7,10-11H2,1-2H3,(H,16,18). The zero-order valence-corrected chi connectivity index (χ0v) is 13.3. The number of para-hydroxylation sites is 1. The van der Waals surface area contributed by atoms with Crippen LogP contribution in [-0.4, -0.2) is 37.5 Å². The van der Waals surface area contributed by atoms with E-state index in [0.717, 1.165) is 30.5 Å². The Kier molecular flexibility index (Phi) is 5.00. The fraction of sp³-hybridized carbons (Fsp3) is 0.533. The van der Waals surface area contributed by atoms with Crippen LogP contribution in [0.5, 0.6) is 0 Å². The molecule has 1 N–H and O–H groups in total. The van der Waals surface area contributed by atoms with Gasteiger partial charge in [0.05, 0.1) is 6.26 Å². The van der Waals surface area contributed by atoms with Gasteiger partial charge in [-0.2, -0.15) is 4.31 Å². The van der Waals surface area contributed by atoms with Crippen LogP contribution in [0, 0.1) is 0 Å². The highest BCUT2D eigenvalue weighted by atomic mass is 32.2. The van der Waals surface area contributed by atoms with E-state index in [1.54, 1.807) is 0 Å². The number of nitrogens with one attached hydrogen (secondary N) is 1. The molecule has 0 spiro atoms. The first-order valence-corrected chi connectivity index (χ1v) is 9.14. The second kappa shape index (κ2) is 6.58. The summed E-state index contributed by atoms with van der Waals surface area (Å²) in [5.41, 5.74) is 1.82. The summed E-state index contributed by atoms with van der Waals surface area (Å²) in [5, 5.41) is 2.89. The number of aryl methyl sites for hydroxylation is 1. The number of nitrogens with zero attached hydrogens (tertiary/aromatic N) is 1. The number of hydrogen-bond acceptors (Lipinski definition) is 3. The first-order valence-electron chi connectivity index (χ1n) is 7.29. The molecule has 1 aromatic rings. The molecule has 1 unspecified atom stereocenters. The minimum absolute atomic E-state index is 0.235. The van der Waals surface area contributed by atoms with Crippen LogP contribution < -0.4 is 5.32 Å². The number of rotatable bonds is 4. The van der Waals surface area contributed by atoms with Crippen LogP contribution >= 0.6 is 0 Å². The molecule has 116 valence electrons. The monoisotopic (exact) mass is 310 g/mol. The number of piperidine rings is 1. The maximum Gasteiger partial charge on any atom is 0.242 e. The van der Waals surface area contributed by atoms with Gasteiger partial charge in [-0.15, -0.1) is 0 Å². The van der Waals surface area contributed by atoms with Crippen molar-refractivity contribution in [3.63, 3.8) is 0 Å². The van der Waals surface area contributed by atoms with Gasteiger partial charge < -0.3 is 5.32 Å².